The molecule has 0 amide bonds. The van der Waals surface area contributed by atoms with Gasteiger partial charge in [-0.05, 0) is 36.4 Å². The molecule has 0 radical (unpaired) electrons. The number of halogens is 3. The largest absolute Gasteiger partial charge is 0.455 e. The predicted octanol–water partition coefficient (Wildman–Crippen LogP) is 14.0. The Labute approximate surface area is 343 Å². The van der Waals surface area contributed by atoms with Crippen molar-refractivity contribution in [3.8, 4) is 39.9 Å². The lowest BCUT2D eigenvalue weighted by atomic mass is 9.99. The molecule has 288 valence electrons. The molecule has 0 fully saturated rings. The van der Waals surface area contributed by atoms with Crippen LogP contribution < -0.4 is 0 Å². The molecular formula is C52H28F3N5O. The minimum atomic E-state index is -4.82. The monoisotopic (exact) mass is 795 g/mol. The van der Waals surface area contributed by atoms with Crippen LogP contribution in [0.1, 0.15) is 5.56 Å². The second-order valence-electron chi connectivity index (χ2n) is 15.5. The van der Waals surface area contributed by atoms with Crippen LogP contribution in [0.5, 0.6) is 0 Å². The van der Waals surface area contributed by atoms with Crippen LogP contribution in [0.25, 0.3) is 122 Å². The van der Waals surface area contributed by atoms with Gasteiger partial charge in [0.1, 0.15) is 11.2 Å². The first kappa shape index (κ1) is 33.9. The van der Waals surface area contributed by atoms with Crippen LogP contribution in [0.4, 0.5) is 13.2 Å². The van der Waals surface area contributed by atoms with Gasteiger partial charge in [-0.15, -0.1) is 0 Å². The highest BCUT2D eigenvalue weighted by atomic mass is 19.4. The topological polar surface area (TPSA) is 61.2 Å². The highest BCUT2D eigenvalue weighted by Gasteiger charge is 2.39. The Morgan fingerprint density at radius 1 is 0.443 bits per heavy atom. The van der Waals surface area contributed by atoms with Gasteiger partial charge in [0.2, 0.25) is 0 Å². The third-order valence-corrected chi connectivity index (χ3v) is 12.1. The Morgan fingerprint density at radius 3 is 1.67 bits per heavy atom. The molecule has 0 aliphatic heterocycles. The zero-order valence-electron chi connectivity index (χ0n) is 31.9. The zero-order chi connectivity index (χ0) is 40.6. The number of para-hydroxylation sites is 4. The summed E-state index contributed by atoms with van der Waals surface area (Å²) in [5.41, 5.74) is 5.64. The number of alkyl halides is 3. The molecule has 0 bridgehead atoms. The fourth-order valence-electron chi connectivity index (χ4n) is 9.56. The summed E-state index contributed by atoms with van der Waals surface area (Å²) in [5, 5.41) is 6.91. The molecule has 0 saturated carbocycles. The summed E-state index contributed by atoms with van der Waals surface area (Å²) in [6.45, 7) is 0. The first-order valence-corrected chi connectivity index (χ1v) is 19.9. The molecular weight excluding hydrogens is 768 g/mol. The minimum absolute atomic E-state index is 0.0269. The van der Waals surface area contributed by atoms with Crippen LogP contribution in [-0.4, -0.2) is 23.9 Å². The van der Waals surface area contributed by atoms with Crippen LogP contribution >= 0.6 is 0 Å². The van der Waals surface area contributed by atoms with E-state index >= 15 is 13.2 Å². The van der Waals surface area contributed by atoms with Crippen molar-refractivity contribution in [1.82, 2.24) is 23.9 Å². The second-order valence-corrected chi connectivity index (χ2v) is 15.5. The van der Waals surface area contributed by atoms with E-state index in [0.717, 1.165) is 54.9 Å². The Bertz CT molecular complexity index is 3860. The van der Waals surface area contributed by atoms with Crippen molar-refractivity contribution < 1.29 is 17.6 Å². The van der Waals surface area contributed by atoms with Gasteiger partial charge in [-0.3, -0.25) is 0 Å². The van der Waals surface area contributed by atoms with Gasteiger partial charge in [0.25, 0.3) is 0 Å². The van der Waals surface area contributed by atoms with Crippen molar-refractivity contribution in [3.05, 3.63) is 175 Å². The third-order valence-electron chi connectivity index (χ3n) is 12.1. The Morgan fingerprint density at radius 2 is 0.984 bits per heavy atom. The number of hydrogen-bond donors (Lipinski definition) is 0. The van der Waals surface area contributed by atoms with E-state index in [0.29, 0.717) is 50.2 Å². The lowest BCUT2D eigenvalue weighted by molar-refractivity contribution is -0.137. The molecule has 0 unspecified atom stereocenters. The number of rotatable bonds is 4. The molecule has 8 aromatic carbocycles. The van der Waals surface area contributed by atoms with E-state index in [1.165, 1.54) is 0 Å². The maximum Gasteiger partial charge on any atom is 0.418 e. The molecule has 13 rings (SSSR count). The van der Waals surface area contributed by atoms with Crippen LogP contribution in [0.15, 0.2) is 174 Å². The number of nitrogens with zero attached hydrogens (tertiary/aromatic N) is 5. The highest BCUT2D eigenvalue weighted by molar-refractivity contribution is 6.26. The Kier molecular flexibility index (Phi) is 6.80. The summed E-state index contributed by atoms with van der Waals surface area (Å²) in [7, 11) is 0. The summed E-state index contributed by atoms with van der Waals surface area (Å²) in [5.74, 6) is 0.723. The van der Waals surface area contributed by atoms with Crippen molar-refractivity contribution in [2.45, 2.75) is 6.18 Å². The van der Waals surface area contributed by atoms with Crippen molar-refractivity contribution >= 4 is 81.8 Å². The summed E-state index contributed by atoms with van der Waals surface area (Å²) < 4.78 is 59.4. The molecule has 5 aromatic heterocycles. The lowest BCUT2D eigenvalue weighted by Gasteiger charge is -2.19. The van der Waals surface area contributed by atoms with E-state index in [1.54, 1.807) is 10.6 Å². The number of fused-ring (bicyclic) bond motifs is 12. The molecule has 13 aromatic rings. The van der Waals surface area contributed by atoms with E-state index in [2.05, 4.69) is 46.9 Å². The number of benzene rings is 8. The smallest absolute Gasteiger partial charge is 0.418 e. The van der Waals surface area contributed by atoms with Gasteiger partial charge in [-0.2, -0.15) is 13.2 Å². The molecule has 0 saturated heterocycles. The molecule has 0 aliphatic carbocycles. The van der Waals surface area contributed by atoms with Gasteiger partial charge in [0.05, 0.1) is 49.8 Å². The molecule has 6 nitrogen and oxygen atoms in total. The van der Waals surface area contributed by atoms with Crippen LogP contribution in [-0.2, 0) is 6.18 Å². The van der Waals surface area contributed by atoms with Gasteiger partial charge in [-0.25, -0.2) is 15.0 Å². The second kappa shape index (κ2) is 12.2. The average molecular weight is 796 g/mol. The van der Waals surface area contributed by atoms with Gasteiger partial charge >= 0.3 is 6.18 Å². The quantitative estimate of drug-likeness (QED) is 0.178. The summed E-state index contributed by atoms with van der Waals surface area (Å²) in [6, 6.07) is 53.6. The molecule has 0 atom stereocenters. The maximum absolute atomic E-state index is 16.2. The highest BCUT2D eigenvalue weighted by Crippen LogP contribution is 2.49. The SMILES string of the molecule is FC(F)(F)c1cc(-c2nc(-c3ccccc3)nc(-c3ccccc3)n2)c2oc3ccccc3c2c1-n1c2ccccc2c2cc3c4cccc5c6ccccc6n(c3cc21)c54. The van der Waals surface area contributed by atoms with Crippen molar-refractivity contribution in [2.75, 3.05) is 0 Å². The van der Waals surface area contributed by atoms with E-state index in [-0.39, 0.29) is 22.7 Å². The first-order valence-electron chi connectivity index (χ1n) is 19.9. The van der Waals surface area contributed by atoms with Crippen LogP contribution in [0, 0.1) is 0 Å². The third kappa shape index (κ3) is 4.77. The summed E-state index contributed by atoms with van der Waals surface area (Å²) in [6.07, 6.45) is -4.82. The molecule has 0 aliphatic rings. The fraction of sp³-hybridized carbons (Fsp3) is 0.0192. The molecule has 0 N–H and O–H groups in total. The molecule has 9 heteroatoms. The first-order chi connectivity index (χ1) is 29.9. The molecule has 61 heavy (non-hydrogen) atoms. The normalized spacial score (nSPS) is 12.5. The van der Waals surface area contributed by atoms with Gasteiger partial charge in [0.15, 0.2) is 17.5 Å². The summed E-state index contributed by atoms with van der Waals surface area (Å²) >= 11 is 0. The maximum atomic E-state index is 16.2. The van der Waals surface area contributed by atoms with Crippen molar-refractivity contribution in [1.29, 1.82) is 0 Å². The van der Waals surface area contributed by atoms with E-state index in [1.807, 2.05) is 115 Å². The Hall–Kier alpha value is -8.04. The van der Waals surface area contributed by atoms with E-state index < -0.39 is 11.7 Å². The fourth-order valence-corrected chi connectivity index (χ4v) is 9.56. The lowest BCUT2D eigenvalue weighted by Crippen LogP contribution is -2.12. The molecule has 5 heterocycles. The number of hydrogen-bond acceptors (Lipinski definition) is 4. The van der Waals surface area contributed by atoms with Crippen LogP contribution in [0.2, 0.25) is 0 Å². The standard InChI is InChI=1S/C52H28F3N5O/c53-52(54,55)39-27-38(51-57-49(29-14-3-1-4-15-29)56-50(58-51)30-16-5-2-6-17-30)48-45(35-20-9-12-25-44(35)61-48)47(39)60-41-24-11-8-19-32(41)36-26-37-34-22-13-21-33-31-18-7-10-23-40(31)59(46(33)34)43(37)28-42(36)60/h1-28H. The van der Waals surface area contributed by atoms with Crippen LogP contribution in [0.3, 0.4) is 0 Å². The van der Waals surface area contributed by atoms with Gasteiger partial charge in [-0.1, -0.05) is 133 Å². The predicted molar refractivity (Wildman–Crippen MR) is 237 cm³/mol. The van der Waals surface area contributed by atoms with Crippen molar-refractivity contribution in [3.63, 3.8) is 0 Å². The molecule has 0 spiro atoms. The summed E-state index contributed by atoms with van der Waals surface area (Å²) in [4.78, 5) is 14.6. The zero-order valence-corrected chi connectivity index (χ0v) is 31.9. The Balaban J connectivity index is 1.19. The van der Waals surface area contributed by atoms with Gasteiger partial charge in [0, 0.05) is 48.8 Å². The minimum Gasteiger partial charge on any atom is -0.455 e. The van der Waals surface area contributed by atoms with Gasteiger partial charge < -0.3 is 13.4 Å². The number of furan rings is 1. The van der Waals surface area contributed by atoms with E-state index in [9.17, 15) is 0 Å². The van der Waals surface area contributed by atoms with Crippen molar-refractivity contribution in [2.24, 2.45) is 0 Å². The van der Waals surface area contributed by atoms with E-state index in [4.69, 9.17) is 19.4 Å². The number of aromatic nitrogens is 5. The average Bonchev–Trinajstić information content (AvgIpc) is 4.04.